The molecule has 148 valence electrons. The Morgan fingerprint density at radius 3 is 2.68 bits per heavy atom. The highest BCUT2D eigenvalue weighted by molar-refractivity contribution is 5.70. The van der Waals surface area contributed by atoms with Crippen molar-refractivity contribution < 1.29 is 23.0 Å². The molecule has 0 bridgehead atoms. The molecule has 10 heteroatoms. The molecule has 0 aliphatic heterocycles. The Balaban J connectivity index is 1.58. The Morgan fingerprint density at radius 2 is 2.04 bits per heavy atom. The van der Waals surface area contributed by atoms with Crippen molar-refractivity contribution >= 4 is 11.2 Å². The molecule has 3 aromatic rings. The molecule has 0 saturated heterocycles. The van der Waals surface area contributed by atoms with E-state index in [0.717, 1.165) is 5.69 Å². The highest BCUT2D eigenvalue weighted by Crippen LogP contribution is 2.46. The minimum absolute atomic E-state index is 0.252. The van der Waals surface area contributed by atoms with Gasteiger partial charge in [0.25, 0.3) is 0 Å². The second-order valence-electron chi connectivity index (χ2n) is 7.04. The largest absolute Gasteiger partial charge is 0.497 e. The molecule has 4 rings (SSSR count). The normalized spacial score (nSPS) is 22.7. The van der Waals surface area contributed by atoms with Crippen LogP contribution in [-0.4, -0.2) is 49.0 Å². The van der Waals surface area contributed by atoms with Gasteiger partial charge < -0.3 is 9.84 Å². The lowest BCUT2D eigenvalue weighted by molar-refractivity contribution is -0.258. The van der Waals surface area contributed by atoms with Gasteiger partial charge in [-0.05, 0) is 49.4 Å². The van der Waals surface area contributed by atoms with E-state index >= 15 is 0 Å². The Hall–Kier alpha value is -2.75. The Kier molecular flexibility index (Phi) is 4.45. The summed E-state index contributed by atoms with van der Waals surface area (Å²) in [6.45, 7) is 0. The number of hydrogen-bond acceptors (Lipinski definition) is 6. The van der Waals surface area contributed by atoms with Crippen LogP contribution in [0.2, 0.25) is 0 Å². The summed E-state index contributed by atoms with van der Waals surface area (Å²) in [5, 5.41) is 18.0. The fourth-order valence-electron chi connectivity index (χ4n) is 3.57. The average Bonchev–Trinajstić information content (AvgIpc) is 3.26. The van der Waals surface area contributed by atoms with Gasteiger partial charge in [-0.25, -0.2) is 9.97 Å². The molecule has 1 aliphatic carbocycles. The Labute approximate surface area is 158 Å². The van der Waals surface area contributed by atoms with Gasteiger partial charge in [-0.2, -0.15) is 17.9 Å². The molecule has 0 unspecified atom stereocenters. The number of methoxy groups -OCH3 is 1. The van der Waals surface area contributed by atoms with Crippen molar-refractivity contribution in [3.05, 3.63) is 36.3 Å². The van der Waals surface area contributed by atoms with Crippen LogP contribution in [0.1, 0.15) is 25.1 Å². The van der Waals surface area contributed by atoms with Crippen LogP contribution in [0.4, 0.5) is 13.2 Å². The molecule has 28 heavy (non-hydrogen) atoms. The van der Waals surface area contributed by atoms with Crippen molar-refractivity contribution in [2.24, 2.45) is 5.92 Å². The number of benzene rings is 1. The van der Waals surface area contributed by atoms with Gasteiger partial charge in [0.2, 0.25) is 0 Å². The van der Waals surface area contributed by atoms with Gasteiger partial charge in [0.05, 0.1) is 19.0 Å². The summed E-state index contributed by atoms with van der Waals surface area (Å²) < 4.78 is 45.7. The second kappa shape index (κ2) is 6.69. The summed E-state index contributed by atoms with van der Waals surface area (Å²) in [6.07, 6.45) is -3.22. The number of rotatable bonds is 4. The van der Waals surface area contributed by atoms with Crippen molar-refractivity contribution in [2.45, 2.75) is 37.5 Å². The predicted molar refractivity (Wildman–Crippen MR) is 93.1 cm³/mol. The van der Waals surface area contributed by atoms with Gasteiger partial charge in [-0.15, -0.1) is 5.10 Å². The standard InChI is InChI=1S/C18H18F3N5O2/c1-28-13-4-2-12(3-5-13)26-16-14(24-25-26)10-22-15(23-16)8-11-6-7-17(27,9-11)18(19,20)21/h2-5,10-11,27H,6-9H2,1H3/t11-,17+/m0/s1. The van der Waals surface area contributed by atoms with Crippen molar-refractivity contribution in [1.29, 1.82) is 0 Å². The quantitative estimate of drug-likeness (QED) is 0.734. The number of ether oxygens (including phenoxy) is 1. The molecule has 0 amide bonds. The number of aliphatic hydroxyl groups is 1. The molecule has 1 fully saturated rings. The third kappa shape index (κ3) is 3.28. The molecule has 2 atom stereocenters. The van der Waals surface area contributed by atoms with E-state index in [1.54, 1.807) is 36.1 Å². The molecule has 1 N–H and O–H groups in total. The number of hydrogen-bond donors (Lipinski definition) is 1. The number of aromatic nitrogens is 5. The molecule has 1 aliphatic rings. The lowest BCUT2D eigenvalue weighted by Crippen LogP contribution is -2.42. The van der Waals surface area contributed by atoms with Crippen LogP contribution in [0.25, 0.3) is 16.9 Å². The molecule has 2 aromatic heterocycles. The fourth-order valence-corrected chi connectivity index (χ4v) is 3.57. The minimum Gasteiger partial charge on any atom is -0.497 e. The smallest absolute Gasteiger partial charge is 0.417 e. The van der Waals surface area contributed by atoms with Gasteiger partial charge in [-0.1, -0.05) is 5.21 Å². The zero-order valence-corrected chi connectivity index (χ0v) is 15.0. The van der Waals surface area contributed by atoms with Crippen LogP contribution in [0, 0.1) is 5.92 Å². The number of halogens is 3. The predicted octanol–water partition coefficient (Wildman–Crippen LogP) is 2.86. The lowest BCUT2D eigenvalue weighted by atomic mass is 9.97. The van der Waals surface area contributed by atoms with Gasteiger partial charge in [0.1, 0.15) is 11.6 Å². The van der Waals surface area contributed by atoms with Crippen molar-refractivity contribution in [3.63, 3.8) is 0 Å². The maximum absolute atomic E-state index is 13.0. The third-order valence-electron chi connectivity index (χ3n) is 5.15. The van der Waals surface area contributed by atoms with Gasteiger partial charge in [0.15, 0.2) is 16.8 Å². The second-order valence-corrected chi connectivity index (χ2v) is 7.04. The monoisotopic (exact) mass is 393 g/mol. The molecule has 7 nitrogen and oxygen atoms in total. The van der Waals surface area contributed by atoms with Crippen LogP contribution in [0.15, 0.2) is 30.5 Å². The third-order valence-corrected chi connectivity index (χ3v) is 5.15. The molecular weight excluding hydrogens is 375 g/mol. The van der Waals surface area contributed by atoms with E-state index in [1.165, 1.54) is 6.20 Å². The number of alkyl halides is 3. The van der Waals surface area contributed by atoms with E-state index in [4.69, 9.17) is 4.74 Å². The van der Waals surface area contributed by atoms with Gasteiger partial charge >= 0.3 is 6.18 Å². The summed E-state index contributed by atoms with van der Waals surface area (Å²) in [7, 11) is 1.57. The highest BCUT2D eigenvalue weighted by atomic mass is 19.4. The molecular formula is C18H18F3N5O2. The summed E-state index contributed by atoms with van der Waals surface area (Å²) in [5.74, 6) is 0.761. The molecule has 2 heterocycles. The van der Waals surface area contributed by atoms with E-state index in [2.05, 4.69) is 20.3 Å². The van der Waals surface area contributed by atoms with Crippen LogP contribution in [0.5, 0.6) is 5.75 Å². The van der Waals surface area contributed by atoms with Crippen molar-refractivity contribution in [1.82, 2.24) is 25.0 Å². The van der Waals surface area contributed by atoms with Crippen molar-refractivity contribution in [2.75, 3.05) is 7.11 Å². The van der Waals surface area contributed by atoms with Gasteiger partial charge in [-0.3, -0.25) is 0 Å². The zero-order valence-electron chi connectivity index (χ0n) is 15.0. The van der Waals surface area contributed by atoms with Crippen LogP contribution in [-0.2, 0) is 6.42 Å². The first-order valence-electron chi connectivity index (χ1n) is 8.80. The maximum Gasteiger partial charge on any atom is 0.417 e. The Bertz CT molecular complexity index is 989. The summed E-state index contributed by atoms with van der Waals surface area (Å²) in [4.78, 5) is 8.67. The van der Waals surface area contributed by atoms with Crippen LogP contribution < -0.4 is 4.74 Å². The lowest BCUT2D eigenvalue weighted by Gasteiger charge is -2.25. The molecule has 1 aromatic carbocycles. The zero-order chi connectivity index (χ0) is 19.9. The van der Waals surface area contributed by atoms with E-state index in [0.29, 0.717) is 22.7 Å². The molecule has 1 saturated carbocycles. The summed E-state index contributed by atoms with van der Waals surface area (Å²) in [6, 6.07) is 7.16. The first kappa shape index (κ1) is 18.6. The van der Waals surface area contributed by atoms with Crippen molar-refractivity contribution in [3.8, 4) is 11.4 Å². The SMILES string of the molecule is COc1ccc(-n2nnc3cnc(C[C@@H]4CC[C@](O)(C(F)(F)F)C4)nc32)cc1. The Morgan fingerprint density at radius 1 is 1.29 bits per heavy atom. The average molecular weight is 393 g/mol. The molecule has 0 spiro atoms. The number of nitrogens with zero attached hydrogens (tertiary/aromatic N) is 5. The minimum atomic E-state index is -4.62. The van der Waals surface area contributed by atoms with E-state index in [1.807, 2.05) is 0 Å². The van der Waals surface area contributed by atoms with Gasteiger partial charge in [0, 0.05) is 6.42 Å². The van der Waals surface area contributed by atoms with E-state index in [9.17, 15) is 18.3 Å². The topological polar surface area (TPSA) is 86.0 Å². The summed E-state index contributed by atoms with van der Waals surface area (Å²) in [5.41, 5.74) is -0.939. The highest BCUT2D eigenvalue weighted by Gasteiger charge is 2.57. The first-order valence-corrected chi connectivity index (χ1v) is 8.80. The maximum atomic E-state index is 13.0. The molecule has 0 radical (unpaired) electrons. The van der Waals surface area contributed by atoms with Crippen LogP contribution in [0.3, 0.4) is 0 Å². The van der Waals surface area contributed by atoms with E-state index in [-0.39, 0.29) is 31.6 Å². The summed E-state index contributed by atoms with van der Waals surface area (Å²) >= 11 is 0. The number of fused-ring (bicyclic) bond motifs is 1. The first-order chi connectivity index (χ1) is 13.3. The fraction of sp³-hybridized carbons (Fsp3) is 0.444. The van der Waals surface area contributed by atoms with E-state index < -0.39 is 11.8 Å². The van der Waals surface area contributed by atoms with Crippen LogP contribution >= 0.6 is 0 Å².